The fraction of sp³-hybridized carbons (Fsp3) is 0.417. The Bertz CT molecular complexity index is 389. The van der Waals surface area contributed by atoms with Gasteiger partial charge in [0.2, 0.25) is 5.91 Å². The molecule has 0 aliphatic carbocycles. The molecule has 2 rings (SSSR count). The second-order valence-electron chi connectivity index (χ2n) is 4.05. The topological polar surface area (TPSA) is 29.1 Å². The van der Waals surface area contributed by atoms with Crippen molar-refractivity contribution in [2.75, 3.05) is 6.54 Å². The largest absolute Gasteiger partial charge is 0.356 e. The molecule has 1 aliphatic rings. The fourth-order valence-electron chi connectivity index (χ4n) is 1.99. The quantitative estimate of drug-likeness (QED) is 0.779. The van der Waals surface area contributed by atoms with Crippen LogP contribution in [0.4, 0.5) is 0 Å². The predicted octanol–water partition coefficient (Wildman–Crippen LogP) is 2.64. The first-order valence-electron chi connectivity index (χ1n) is 5.19. The van der Waals surface area contributed by atoms with Gasteiger partial charge in [0, 0.05) is 18.0 Å². The van der Waals surface area contributed by atoms with Crippen molar-refractivity contribution in [3.63, 3.8) is 0 Å². The zero-order valence-corrected chi connectivity index (χ0v) is 9.47. The molecular weight excluding hydrogens is 210 g/mol. The normalized spacial score (nSPS) is 21.2. The Kier molecular flexibility index (Phi) is 2.96. The molecule has 1 amide bonds. The van der Waals surface area contributed by atoms with Gasteiger partial charge in [-0.1, -0.05) is 23.7 Å². The van der Waals surface area contributed by atoms with E-state index >= 15 is 0 Å². The molecule has 1 fully saturated rings. The van der Waals surface area contributed by atoms with E-state index in [1.165, 1.54) is 5.56 Å². The van der Waals surface area contributed by atoms with E-state index in [-0.39, 0.29) is 5.91 Å². The Labute approximate surface area is 94.6 Å². The number of nitrogens with one attached hydrogen (secondary N) is 1. The third kappa shape index (κ3) is 2.32. The van der Waals surface area contributed by atoms with Crippen molar-refractivity contribution in [2.45, 2.75) is 25.7 Å². The molecule has 15 heavy (non-hydrogen) atoms. The molecule has 0 aromatic heterocycles. The minimum atomic E-state index is 0.152. The lowest BCUT2D eigenvalue weighted by Crippen LogP contribution is -2.32. The van der Waals surface area contributed by atoms with Crippen LogP contribution in [-0.4, -0.2) is 12.5 Å². The Morgan fingerprint density at radius 2 is 2.27 bits per heavy atom. The molecule has 1 atom stereocenters. The van der Waals surface area contributed by atoms with E-state index in [9.17, 15) is 4.79 Å². The molecule has 0 spiro atoms. The summed E-state index contributed by atoms with van der Waals surface area (Å²) in [7, 11) is 0. The van der Waals surface area contributed by atoms with E-state index in [4.69, 9.17) is 11.6 Å². The average Bonchev–Trinajstić information content (AvgIpc) is 2.22. The molecule has 3 heteroatoms. The van der Waals surface area contributed by atoms with Gasteiger partial charge < -0.3 is 5.32 Å². The maximum absolute atomic E-state index is 11.3. The van der Waals surface area contributed by atoms with Gasteiger partial charge in [0.1, 0.15) is 0 Å². The number of piperidine rings is 1. The number of rotatable bonds is 1. The van der Waals surface area contributed by atoms with Gasteiger partial charge in [-0.3, -0.25) is 4.79 Å². The SMILES string of the molecule is Cc1cc([C@@H]2CCNC(=O)C2)ccc1Cl. The highest BCUT2D eigenvalue weighted by Gasteiger charge is 2.20. The number of halogens is 1. The second-order valence-corrected chi connectivity index (χ2v) is 4.46. The zero-order valence-electron chi connectivity index (χ0n) is 8.72. The van der Waals surface area contributed by atoms with Crippen molar-refractivity contribution < 1.29 is 4.79 Å². The van der Waals surface area contributed by atoms with Crippen LogP contribution in [0.2, 0.25) is 5.02 Å². The molecule has 0 bridgehead atoms. The molecular formula is C12H14ClNO. The summed E-state index contributed by atoms with van der Waals surface area (Å²) >= 11 is 5.97. The van der Waals surface area contributed by atoms with Crippen molar-refractivity contribution in [1.82, 2.24) is 5.32 Å². The first-order valence-corrected chi connectivity index (χ1v) is 5.57. The fourth-order valence-corrected chi connectivity index (χ4v) is 2.11. The lowest BCUT2D eigenvalue weighted by Gasteiger charge is -2.22. The Morgan fingerprint density at radius 1 is 1.47 bits per heavy atom. The Morgan fingerprint density at radius 3 is 2.93 bits per heavy atom. The number of carbonyl (C=O) groups is 1. The lowest BCUT2D eigenvalue weighted by molar-refractivity contribution is -0.122. The van der Waals surface area contributed by atoms with Crippen molar-refractivity contribution >= 4 is 17.5 Å². The van der Waals surface area contributed by atoms with Crippen LogP contribution in [0.1, 0.15) is 29.9 Å². The number of amides is 1. The third-order valence-electron chi connectivity index (χ3n) is 2.90. The smallest absolute Gasteiger partial charge is 0.220 e. The van der Waals surface area contributed by atoms with Crippen molar-refractivity contribution in [3.8, 4) is 0 Å². The van der Waals surface area contributed by atoms with Gasteiger partial charge in [-0.05, 0) is 36.5 Å². The molecule has 2 nitrogen and oxygen atoms in total. The van der Waals surface area contributed by atoms with Gasteiger partial charge >= 0.3 is 0 Å². The van der Waals surface area contributed by atoms with Crippen molar-refractivity contribution in [1.29, 1.82) is 0 Å². The van der Waals surface area contributed by atoms with Crippen LogP contribution in [0, 0.1) is 6.92 Å². The van der Waals surface area contributed by atoms with Crippen LogP contribution in [-0.2, 0) is 4.79 Å². The Balaban J connectivity index is 2.21. The number of hydrogen-bond donors (Lipinski definition) is 1. The summed E-state index contributed by atoms with van der Waals surface area (Å²) in [5.74, 6) is 0.508. The van der Waals surface area contributed by atoms with Crippen LogP contribution < -0.4 is 5.32 Å². The number of carbonyl (C=O) groups excluding carboxylic acids is 1. The third-order valence-corrected chi connectivity index (χ3v) is 3.32. The maximum Gasteiger partial charge on any atom is 0.220 e. The van der Waals surface area contributed by atoms with E-state index in [0.29, 0.717) is 12.3 Å². The first kappa shape index (κ1) is 10.5. The molecule has 1 aromatic rings. The maximum atomic E-state index is 11.3. The monoisotopic (exact) mass is 223 g/mol. The van der Waals surface area contributed by atoms with E-state index in [2.05, 4.69) is 11.4 Å². The molecule has 80 valence electrons. The molecule has 1 aromatic carbocycles. The number of benzene rings is 1. The predicted molar refractivity (Wildman–Crippen MR) is 61.2 cm³/mol. The molecule has 0 saturated carbocycles. The average molecular weight is 224 g/mol. The van der Waals surface area contributed by atoms with Crippen LogP contribution in [0.25, 0.3) is 0 Å². The van der Waals surface area contributed by atoms with E-state index in [1.807, 2.05) is 19.1 Å². The standard InChI is InChI=1S/C12H14ClNO/c1-8-6-9(2-3-11(8)13)10-4-5-14-12(15)7-10/h2-3,6,10H,4-5,7H2,1H3,(H,14,15)/t10-/m1/s1. The van der Waals surface area contributed by atoms with Crippen LogP contribution >= 0.6 is 11.6 Å². The molecule has 1 aliphatic heterocycles. The minimum absolute atomic E-state index is 0.152. The highest BCUT2D eigenvalue weighted by Crippen LogP contribution is 2.28. The van der Waals surface area contributed by atoms with Crippen molar-refractivity contribution in [3.05, 3.63) is 34.3 Å². The van der Waals surface area contributed by atoms with Crippen LogP contribution in [0.15, 0.2) is 18.2 Å². The van der Waals surface area contributed by atoms with E-state index in [0.717, 1.165) is 23.6 Å². The summed E-state index contributed by atoms with van der Waals surface area (Å²) < 4.78 is 0. The number of hydrogen-bond acceptors (Lipinski definition) is 1. The van der Waals surface area contributed by atoms with Gasteiger partial charge in [-0.2, -0.15) is 0 Å². The summed E-state index contributed by atoms with van der Waals surface area (Å²) in [6.45, 7) is 2.78. The van der Waals surface area contributed by atoms with E-state index in [1.54, 1.807) is 0 Å². The zero-order chi connectivity index (χ0) is 10.8. The number of aryl methyl sites for hydroxylation is 1. The van der Waals surface area contributed by atoms with E-state index < -0.39 is 0 Å². The van der Waals surface area contributed by atoms with Crippen LogP contribution in [0.3, 0.4) is 0 Å². The molecule has 1 saturated heterocycles. The summed E-state index contributed by atoms with van der Waals surface area (Å²) in [6, 6.07) is 6.03. The highest BCUT2D eigenvalue weighted by molar-refractivity contribution is 6.31. The molecule has 1 N–H and O–H groups in total. The summed E-state index contributed by atoms with van der Waals surface area (Å²) in [5.41, 5.74) is 2.31. The summed E-state index contributed by atoms with van der Waals surface area (Å²) in [6.07, 6.45) is 1.62. The summed E-state index contributed by atoms with van der Waals surface area (Å²) in [5, 5.41) is 3.63. The minimum Gasteiger partial charge on any atom is -0.356 e. The van der Waals surface area contributed by atoms with Gasteiger partial charge in [-0.25, -0.2) is 0 Å². The summed E-state index contributed by atoms with van der Waals surface area (Å²) in [4.78, 5) is 11.3. The van der Waals surface area contributed by atoms with Crippen molar-refractivity contribution in [2.24, 2.45) is 0 Å². The van der Waals surface area contributed by atoms with Gasteiger partial charge in [0.05, 0.1) is 0 Å². The molecule has 0 radical (unpaired) electrons. The van der Waals surface area contributed by atoms with Gasteiger partial charge in [-0.15, -0.1) is 0 Å². The van der Waals surface area contributed by atoms with Crippen LogP contribution in [0.5, 0.6) is 0 Å². The Hall–Kier alpha value is -1.02. The first-order chi connectivity index (χ1) is 7.16. The van der Waals surface area contributed by atoms with Gasteiger partial charge in [0.25, 0.3) is 0 Å². The molecule has 1 heterocycles. The lowest BCUT2D eigenvalue weighted by atomic mass is 9.89. The van der Waals surface area contributed by atoms with Gasteiger partial charge in [0.15, 0.2) is 0 Å². The molecule has 0 unspecified atom stereocenters. The highest BCUT2D eigenvalue weighted by atomic mass is 35.5. The second kappa shape index (κ2) is 4.23.